The lowest BCUT2D eigenvalue weighted by Crippen LogP contribution is -2.34. The van der Waals surface area contributed by atoms with Crippen molar-refractivity contribution in [3.8, 4) is 0 Å². The van der Waals surface area contributed by atoms with E-state index in [1.807, 2.05) is 18.2 Å². The number of aromatic nitrogens is 2. The van der Waals surface area contributed by atoms with Crippen molar-refractivity contribution in [2.24, 2.45) is 0 Å². The second-order valence-corrected chi connectivity index (χ2v) is 4.29. The molecule has 1 heterocycles. The molecule has 0 saturated heterocycles. The molecule has 0 radical (unpaired) electrons. The van der Waals surface area contributed by atoms with E-state index in [2.05, 4.69) is 34.0 Å². The molecule has 2 rings (SSSR count). The average Bonchev–Trinajstić information content (AvgIpc) is 2.40. The van der Waals surface area contributed by atoms with E-state index in [0.717, 1.165) is 34.8 Å². The van der Waals surface area contributed by atoms with Gasteiger partial charge >= 0.3 is 0 Å². The largest absolute Gasteiger partial charge is 0.350 e. The molecule has 0 atom stereocenters. The van der Waals surface area contributed by atoms with Crippen molar-refractivity contribution >= 4 is 33.9 Å². The molecule has 0 saturated carbocycles. The van der Waals surface area contributed by atoms with Crippen LogP contribution in [0.1, 0.15) is 13.8 Å². The summed E-state index contributed by atoms with van der Waals surface area (Å²) in [6, 6.07) is 5.94. The summed E-state index contributed by atoms with van der Waals surface area (Å²) in [4.78, 5) is 10.3. The quantitative estimate of drug-likeness (QED) is 0.859. The van der Waals surface area contributed by atoms with Crippen LogP contribution in [0.15, 0.2) is 30.7 Å². The van der Waals surface area contributed by atoms with Crippen molar-refractivity contribution < 1.29 is 0 Å². The fraction of sp³-hybridized carbons (Fsp3) is 0.308. The van der Waals surface area contributed by atoms with Crippen LogP contribution in [0.5, 0.6) is 0 Å². The van der Waals surface area contributed by atoms with Crippen molar-refractivity contribution in [3.63, 3.8) is 0 Å². The van der Waals surface area contributed by atoms with E-state index in [-0.39, 0.29) is 0 Å². The number of nitrogens with zero attached hydrogens (tertiary/aromatic N) is 3. The molecular weight excluding hydrogens is 244 g/mol. The van der Waals surface area contributed by atoms with Crippen LogP contribution < -0.4 is 5.32 Å². The Kier molecular flexibility index (Phi) is 4.04. The molecule has 1 N–H and O–H groups in total. The van der Waals surface area contributed by atoms with Crippen molar-refractivity contribution in [2.45, 2.75) is 13.8 Å². The van der Waals surface area contributed by atoms with Crippen molar-refractivity contribution in [2.75, 3.05) is 18.4 Å². The number of anilines is 1. The maximum absolute atomic E-state index is 5.36. The molecule has 1 aromatic heterocycles. The summed E-state index contributed by atoms with van der Waals surface area (Å²) < 4.78 is 0. The molecule has 0 aliphatic heterocycles. The summed E-state index contributed by atoms with van der Waals surface area (Å²) in [6.45, 7) is 5.98. The molecule has 94 valence electrons. The normalized spacial score (nSPS) is 10.3. The third-order valence-electron chi connectivity index (χ3n) is 2.81. The number of hydrogen-bond donors (Lipinski definition) is 1. The van der Waals surface area contributed by atoms with E-state index in [1.54, 1.807) is 12.5 Å². The number of benzene rings is 1. The smallest absolute Gasteiger partial charge is 0.173 e. The van der Waals surface area contributed by atoms with E-state index >= 15 is 0 Å². The van der Waals surface area contributed by atoms with Crippen LogP contribution in [-0.4, -0.2) is 33.1 Å². The Morgan fingerprint density at radius 2 is 2.11 bits per heavy atom. The summed E-state index contributed by atoms with van der Waals surface area (Å²) in [5.74, 6) is 0. The first kappa shape index (κ1) is 12.7. The van der Waals surface area contributed by atoms with Gasteiger partial charge in [-0.1, -0.05) is 0 Å². The fourth-order valence-electron chi connectivity index (χ4n) is 1.78. The predicted molar refractivity (Wildman–Crippen MR) is 78.7 cm³/mol. The standard InChI is InChI=1S/C13H16N4S/c1-3-17(4-2)13(18)16-11-5-6-12-10(7-11)8-14-9-15-12/h5-9H,3-4H2,1-2H3,(H,16,18). The number of nitrogens with one attached hydrogen (secondary N) is 1. The SMILES string of the molecule is CCN(CC)C(=S)Nc1ccc2ncncc2c1. The van der Waals surface area contributed by atoms with Gasteiger partial charge in [0.2, 0.25) is 0 Å². The van der Waals surface area contributed by atoms with Gasteiger partial charge in [-0.15, -0.1) is 0 Å². The van der Waals surface area contributed by atoms with Gasteiger partial charge in [-0.3, -0.25) is 0 Å². The zero-order chi connectivity index (χ0) is 13.0. The molecule has 2 aromatic rings. The van der Waals surface area contributed by atoms with E-state index in [9.17, 15) is 0 Å². The van der Waals surface area contributed by atoms with Gasteiger partial charge in [-0.2, -0.15) is 0 Å². The van der Waals surface area contributed by atoms with Crippen molar-refractivity contribution in [1.29, 1.82) is 0 Å². The van der Waals surface area contributed by atoms with Crippen molar-refractivity contribution in [3.05, 3.63) is 30.7 Å². The van der Waals surface area contributed by atoms with Gasteiger partial charge in [-0.05, 0) is 44.3 Å². The molecule has 1 aromatic carbocycles. The van der Waals surface area contributed by atoms with E-state index in [0.29, 0.717) is 0 Å². The Morgan fingerprint density at radius 3 is 2.83 bits per heavy atom. The molecule has 4 nitrogen and oxygen atoms in total. The topological polar surface area (TPSA) is 41.0 Å². The van der Waals surface area contributed by atoms with Gasteiger partial charge in [0.15, 0.2) is 5.11 Å². The van der Waals surface area contributed by atoms with Crippen LogP contribution in [0.4, 0.5) is 5.69 Å². The molecule has 0 aliphatic carbocycles. The van der Waals surface area contributed by atoms with Crippen LogP contribution in [0.3, 0.4) is 0 Å². The van der Waals surface area contributed by atoms with E-state index < -0.39 is 0 Å². The zero-order valence-corrected chi connectivity index (χ0v) is 11.4. The zero-order valence-electron chi connectivity index (χ0n) is 10.6. The lowest BCUT2D eigenvalue weighted by atomic mass is 10.2. The second kappa shape index (κ2) is 5.73. The number of thiocarbonyl (C=S) groups is 1. The monoisotopic (exact) mass is 260 g/mol. The van der Waals surface area contributed by atoms with Crippen LogP contribution in [-0.2, 0) is 0 Å². The minimum Gasteiger partial charge on any atom is -0.350 e. The third-order valence-corrected chi connectivity index (χ3v) is 3.17. The average molecular weight is 260 g/mol. The fourth-order valence-corrected chi connectivity index (χ4v) is 2.15. The van der Waals surface area contributed by atoms with Gasteiger partial charge < -0.3 is 10.2 Å². The summed E-state index contributed by atoms with van der Waals surface area (Å²) in [7, 11) is 0. The van der Waals surface area contributed by atoms with Gasteiger partial charge in [-0.25, -0.2) is 9.97 Å². The molecule has 0 aliphatic rings. The van der Waals surface area contributed by atoms with Crippen molar-refractivity contribution in [1.82, 2.24) is 14.9 Å². The first-order chi connectivity index (χ1) is 8.74. The van der Waals surface area contributed by atoms with E-state index in [1.165, 1.54) is 0 Å². The number of fused-ring (bicyclic) bond motifs is 1. The molecule has 5 heteroatoms. The van der Waals surface area contributed by atoms with E-state index in [4.69, 9.17) is 12.2 Å². The van der Waals surface area contributed by atoms with Crippen LogP contribution in [0.25, 0.3) is 10.9 Å². The number of rotatable bonds is 3. The van der Waals surface area contributed by atoms with Gasteiger partial charge in [0.1, 0.15) is 6.33 Å². The van der Waals surface area contributed by atoms with Gasteiger partial charge in [0.25, 0.3) is 0 Å². The molecule has 0 fully saturated rings. The highest BCUT2D eigenvalue weighted by Crippen LogP contribution is 2.16. The van der Waals surface area contributed by atoms with Crippen LogP contribution >= 0.6 is 12.2 Å². The summed E-state index contributed by atoms with van der Waals surface area (Å²) in [5.41, 5.74) is 1.90. The summed E-state index contributed by atoms with van der Waals surface area (Å²) in [6.07, 6.45) is 3.35. The molecule has 0 unspecified atom stereocenters. The maximum atomic E-state index is 5.36. The highest BCUT2D eigenvalue weighted by Gasteiger charge is 2.05. The second-order valence-electron chi connectivity index (χ2n) is 3.90. The maximum Gasteiger partial charge on any atom is 0.173 e. The lowest BCUT2D eigenvalue weighted by molar-refractivity contribution is 0.473. The third kappa shape index (κ3) is 2.73. The Labute approximate surface area is 112 Å². The first-order valence-corrected chi connectivity index (χ1v) is 6.41. The molecule has 0 spiro atoms. The molecule has 0 bridgehead atoms. The van der Waals surface area contributed by atoms with Gasteiger partial charge in [0, 0.05) is 30.4 Å². The first-order valence-electron chi connectivity index (χ1n) is 6.00. The van der Waals surface area contributed by atoms with Gasteiger partial charge in [0.05, 0.1) is 5.52 Å². The molecular formula is C13H16N4S. The predicted octanol–water partition coefficient (Wildman–Crippen LogP) is 2.67. The highest BCUT2D eigenvalue weighted by molar-refractivity contribution is 7.80. The molecule has 0 amide bonds. The Hall–Kier alpha value is -1.75. The number of hydrogen-bond acceptors (Lipinski definition) is 3. The minimum atomic E-state index is 0.746. The highest BCUT2D eigenvalue weighted by atomic mass is 32.1. The Morgan fingerprint density at radius 1 is 1.33 bits per heavy atom. The Balaban J connectivity index is 2.19. The lowest BCUT2D eigenvalue weighted by Gasteiger charge is -2.22. The minimum absolute atomic E-state index is 0.746. The van der Waals surface area contributed by atoms with Crippen LogP contribution in [0.2, 0.25) is 0 Å². The summed E-state index contributed by atoms with van der Waals surface area (Å²) in [5, 5.41) is 4.99. The molecule has 18 heavy (non-hydrogen) atoms. The van der Waals surface area contributed by atoms with Crippen LogP contribution in [0, 0.1) is 0 Å². The Bertz CT molecular complexity index is 551. The summed E-state index contributed by atoms with van der Waals surface area (Å²) >= 11 is 5.36.